The van der Waals surface area contributed by atoms with Crippen molar-refractivity contribution in [2.75, 3.05) is 0 Å². The molecule has 0 amide bonds. The van der Waals surface area contributed by atoms with Gasteiger partial charge in [0, 0.05) is 6.54 Å². The maximum Gasteiger partial charge on any atom is 0.416 e. The van der Waals surface area contributed by atoms with E-state index >= 15 is 0 Å². The third-order valence-corrected chi connectivity index (χ3v) is 2.68. The van der Waals surface area contributed by atoms with Crippen LogP contribution in [0.1, 0.15) is 30.9 Å². The zero-order chi connectivity index (χ0) is 14.5. The van der Waals surface area contributed by atoms with Crippen molar-refractivity contribution < 1.29 is 23.1 Å². The number of alkyl halides is 3. The first kappa shape index (κ1) is 15.5. The Labute approximate surface area is 109 Å². The Morgan fingerprint density at radius 1 is 1.42 bits per heavy atom. The third kappa shape index (κ3) is 4.90. The fourth-order valence-electron chi connectivity index (χ4n) is 1.70. The molecule has 0 bridgehead atoms. The zero-order valence-electron chi connectivity index (χ0n) is 10.5. The van der Waals surface area contributed by atoms with Gasteiger partial charge in [0.25, 0.3) is 0 Å². The summed E-state index contributed by atoms with van der Waals surface area (Å²) in [5.74, 6) is -0.992. The predicted octanol–water partition coefficient (Wildman–Crippen LogP) is 3.05. The van der Waals surface area contributed by atoms with Gasteiger partial charge in [0.2, 0.25) is 0 Å². The van der Waals surface area contributed by atoms with Crippen molar-refractivity contribution in [3.63, 3.8) is 0 Å². The molecule has 2 N–H and O–H groups in total. The second-order valence-electron chi connectivity index (χ2n) is 4.26. The van der Waals surface area contributed by atoms with Gasteiger partial charge < -0.3 is 10.4 Å². The summed E-state index contributed by atoms with van der Waals surface area (Å²) in [6, 6.07) is 4.13. The molecule has 0 aliphatic rings. The monoisotopic (exact) mass is 275 g/mol. The lowest BCUT2D eigenvalue weighted by molar-refractivity contribution is -0.140. The van der Waals surface area contributed by atoms with E-state index in [2.05, 4.69) is 5.32 Å². The summed E-state index contributed by atoms with van der Waals surface area (Å²) in [5.41, 5.74) is -0.314. The van der Waals surface area contributed by atoms with E-state index in [4.69, 9.17) is 5.11 Å². The Morgan fingerprint density at radius 3 is 2.63 bits per heavy atom. The molecule has 0 spiro atoms. The van der Waals surface area contributed by atoms with E-state index in [1.54, 1.807) is 0 Å². The first-order valence-corrected chi connectivity index (χ1v) is 5.97. The highest BCUT2D eigenvalue weighted by molar-refractivity contribution is 5.73. The summed E-state index contributed by atoms with van der Waals surface area (Å²) < 4.78 is 37.5. The average molecular weight is 275 g/mol. The van der Waals surface area contributed by atoms with Crippen LogP contribution in [-0.2, 0) is 17.5 Å². The Bertz CT molecular complexity index is 432. The quantitative estimate of drug-likeness (QED) is 0.839. The average Bonchev–Trinajstić information content (AvgIpc) is 2.33. The fraction of sp³-hybridized carbons (Fsp3) is 0.462. The largest absolute Gasteiger partial charge is 0.480 e. The summed E-state index contributed by atoms with van der Waals surface area (Å²) in [4.78, 5) is 10.9. The van der Waals surface area contributed by atoms with Gasteiger partial charge in [-0.25, -0.2) is 0 Å². The highest BCUT2D eigenvalue weighted by Crippen LogP contribution is 2.29. The molecule has 0 saturated heterocycles. The smallest absolute Gasteiger partial charge is 0.416 e. The van der Waals surface area contributed by atoms with E-state index in [0.717, 1.165) is 12.1 Å². The number of hydrogen-bond donors (Lipinski definition) is 2. The first-order chi connectivity index (χ1) is 8.84. The van der Waals surface area contributed by atoms with Gasteiger partial charge in [-0.05, 0) is 18.1 Å². The number of carboxylic acid groups (broad SMARTS) is 1. The van der Waals surface area contributed by atoms with Crippen molar-refractivity contribution in [1.29, 1.82) is 0 Å². The lowest BCUT2D eigenvalue weighted by Gasteiger charge is -2.14. The second-order valence-corrected chi connectivity index (χ2v) is 4.26. The summed E-state index contributed by atoms with van der Waals surface area (Å²) in [6.07, 6.45) is -3.26. The van der Waals surface area contributed by atoms with E-state index in [-0.39, 0.29) is 6.54 Å². The Morgan fingerprint density at radius 2 is 2.11 bits per heavy atom. The molecule has 3 nitrogen and oxygen atoms in total. The van der Waals surface area contributed by atoms with Crippen LogP contribution in [-0.4, -0.2) is 17.1 Å². The summed E-state index contributed by atoms with van der Waals surface area (Å²) in [7, 11) is 0. The van der Waals surface area contributed by atoms with Crippen LogP contribution in [0, 0.1) is 0 Å². The van der Waals surface area contributed by atoms with Crippen LogP contribution >= 0.6 is 0 Å². The van der Waals surface area contributed by atoms with Crippen molar-refractivity contribution in [2.45, 2.75) is 38.5 Å². The number of halogens is 3. The van der Waals surface area contributed by atoms with Gasteiger partial charge in [-0.1, -0.05) is 31.5 Å². The van der Waals surface area contributed by atoms with E-state index in [0.29, 0.717) is 18.4 Å². The molecule has 1 atom stereocenters. The number of benzene rings is 1. The Hall–Kier alpha value is -1.56. The van der Waals surface area contributed by atoms with Crippen LogP contribution in [0.2, 0.25) is 0 Å². The zero-order valence-corrected chi connectivity index (χ0v) is 10.5. The fourth-order valence-corrected chi connectivity index (χ4v) is 1.70. The topological polar surface area (TPSA) is 49.3 Å². The van der Waals surface area contributed by atoms with Crippen molar-refractivity contribution in [3.05, 3.63) is 35.4 Å². The molecule has 1 unspecified atom stereocenters. The summed E-state index contributed by atoms with van der Waals surface area (Å²) in [5, 5.41) is 11.7. The molecule has 0 saturated carbocycles. The number of carbonyl (C=O) groups is 1. The van der Waals surface area contributed by atoms with Crippen LogP contribution in [0.5, 0.6) is 0 Å². The minimum absolute atomic E-state index is 0.0981. The van der Waals surface area contributed by atoms with Crippen LogP contribution in [0.4, 0.5) is 13.2 Å². The molecule has 19 heavy (non-hydrogen) atoms. The highest BCUT2D eigenvalue weighted by Gasteiger charge is 2.30. The Balaban J connectivity index is 2.69. The van der Waals surface area contributed by atoms with E-state index in [1.807, 2.05) is 6.92 Å². The van der Waals surface area contributed by atoms with Gasteiger partial charge in [0.15, 0.2) is 0 Å². The van der Waals surface area contributed by atoms with E-state index < -0.39 is 23.8 Å². The number of carboxylic acids is 1. The minimum Gasteiger partial charge on any atom is -0.480 e. The van der Waals surface area contributed by atoms with Crippen LogP contribution < -0.4 is 5.32 Å². The van der Waals surface area contributed by atoms with Gasteiger partial charge in [-0.2, -0.15) is 13.2 Å². The standard InChI is InChI=1S/C13H16F3NO2/c1-2-4-11(12(18)19)17-8-9-5-3-6-10(7-9)13(14,15)16/h3,5-7,11,17H,2,4,8H2,1H3,(H,18,19). The van der Waals surface area contributed by atoms with Crippen molar-refractivity contribution in [2.24, 2.45) is 0 Å². The van der Waals surface area contributed by atoms with Gasteiger partial charge in [-0.15, -0.1) is 0 Å². The van der Waals surface area contributed by atoms with Crippen LogP contribution in [0.25, 0.3) is 0 Å². The number of nitrogens with one attached hydrogen (secondary N) is 1. The molecule has 6 heteroatoms. The second kappa shape index (κ2) is 6.56. The van der Waals surface area contributed by atoms with E-state index in [1.165, 1.54) is 12.1 Å². The van der Waals surface area contributed by atoms with Crippen molar-refractivity contribution >= 4 is 5.97 Å². The van der Waals surface area contributed by atoms with Crippen molar-refractivity contribution in [1.82, 2.24) is 5.32 Å². The molecule has 0 fully saturated rings. The molecular weight excluding hydrogens is 259 g/mol. The van der Waals surface area contributed by atoms with Crippen LogP contribution in [0.15, 0.2) is 24.3 Å². The number of aliphatic carboxylic acids is 1. The number of rotatable bonds is 6. The molecule has 0 aromatic heterocycles. The number of hydrogen-bond acceptors (Lipinski definition) is 2. The summed E-state index contributed by atoms with van der Waals surface area (Å²) in [6.45, 7) is 1.95. The highest BCUT2D eigenvalue weighted by atomic mass is 19.4. The van der Waals surface area contributed by atoms with Gasteiger partial charge in [0.05, 0.1) is 5.56 Å². The molecule has 1 aromatic carbocycles. The Kier molecular flexibility index (Phi) is 5.35. The third-order valence-electron chi connectivity index (χ3n) is 2.68. The summed E-state index contributed by atoms with van der Waals surface area (Å²) >= 11 is 0. The molecule has 1 rings (SSSR count). The first-order valence-electron chi connectivity index (χ1n) is 5.97. The molecular formula is C13H16F3NO2. The SMILES string of the molecule is CCCC(NCc1cccc(C(F)(F)F)c1)C(=O)O. The minimum atomic E-state index is -4.38. The van der Waals surface area contributed by atoms with E-state index in [9.17, 15) is 18.0 Å². The maximum absolute atomic E-state index is 12.5. The van der Waals surface area contributed by atoms with Crippen LogP contribution in [0.3, 0.4) is 0 Å². The normalized spacial score (nSPS) is 13.3. The molecule has 106 valence electrons. The predicted molar refractivity (Wildman–Crippen MR) is 64.6 cm³/mol. The lowest BCUT2D eigenvalue weighted by atomic mass is 10.1. The molecule has 1 aromatic rings. The van der Waals surface area contributed by atoms with Gasteiger partial charge in [-0.3, -0.25) is 4.79 Å². The van der Waals surface area contributed by atoms with Gasteiger partial charge in [0.1, 0.15) is 6.04 Å². The maximum atomic E-state index is 12.5. The van der Waals surface area contributed by atoms with Gasteiger partial charge >= 0.3 is 12.1 Å². The molecule has 0 heterocycles. The molecule has 0 aliphatic heterocycles. The molecule has 0 aliphatic carbocycles. The molecule has 0 radical (unpaired) electrons. The van der Waals surface area contributed by atoms with Crippen molar-refractivity contribution in [3.8, 4) is 0 Å². The lowest BCUT2D eigenvalue weighted by Crippen LogP contribution is -2.36.